The van der Waals surface area contributed by atoms with E-state index in [0.29, 0.717) is 12.5 Å². The fourth-order valence-corrected chi connectivity index (χ4v) is 2.17. The highest BCUT2D eigenvalue weighted by Crippen LogP contribution is 2.19. The standard InChI is InChI=1S/C14H22N2O2/c1-11(2)14-5-4-12(8-15-14)16-6-7-18-13(9-16)10-17-3/h4-5,8,11,13H,6-7,9-10H2,1-3H3. The summed E-state index contributed by atoms with van der Waals surface area (Å²) in [4.78, 5) is 6.82. The maximum atomic E-state index is 5.64. The molecular weight excluding hydrogens is 228 g/mol. The average molecular weight is 250 g/mol. The molecule has 18 heavy (non-hydrogen) atoms. The molecule has 1 unspecified atom stereocenters. The van der Waals surface area contributed by atoms with E-state index in [0.717, 1.165) is 25.4 Å². The zero-order valence-corrected chi connectivity index (χ0v) is 11.4. The Kier molecular flexibility index (Phi) is 4.55. The maximum absolute atomic E-state index is 5.64. The fraction of sp³-hybridized carbons (Fsp3) is 0.643. The van der Waals surface area contributed by atoms with Crippen LogP contribution in [0.1, 0.15) is 25.5 Å². The molecule has 2 heterocycles. The lowest BCUT2D eigenvalue weighted by atomic mass is 10.1. The minimum atomic E-state index is 0.161. The highest BCUT2D eigenvalue weighted by molar-refractivity contribution is 5.45. The van der Waals surface area contributed by atoms with Crippen molar-refractivity contribution in [3.63, 3.8) is 0 Å². The number of hydrogen-bond donors (Lipinski definition) is 0. The van der Waals surface area contributed by atoms with Crippen molar-refractivity contribution in [2.45, 2.75) is 25.9 Å². The highest BCUT2D eigenvalue weighted by Gasteiger charge is 2.20. The topological polar surface area (TPSA) is 34.6 Å². The van der Waals surface area contributed by atoms with Crippen LogP contribution in [-0.2, 0) is 9.47 Å². The van der Waals surface area contributed by atoms with Crippen molar-refractivity contribution >= 4 is 5.69 Å². The zero-order chi connectivity index (χ0) is 13.0. The summed E-state index contributed by atoms with van der Waals surface area (Å²) < 4.78 is 10.8. The quantitative estimate of drug-likeness (QED) is 0.819. The van der Waals surface area contributed by atoms with Gasteiger partial charge in [0.1, 0.15) is 0 Å². The number of aromatic nitrogens is 1. The highest BCUT2D eigenvalue weighted by atomic mass is 16.5. The van der Waals surface area contributed by atoms with Crippen LogP contribution in [0, 0.1) is 0 Å². The molecule has 1 saturated heterocycles. The van der Waals surface area contributed by atoms with Gasteiger partial charge >= 0.3 is 0 Å². The minimum absolute atomic E-state index is 0.161. The van der Waals surface area contributed by atoms with Crippen molar-refractivity contribution in [1.82, 2.24) is 4.98 Å². The molecular formula is C14H22N2O2. The van der Waals surface area contributed by atoms with E-state index in [1.165, 1.54) is 5.69 Å². The molecule has 1 aliphatic heterocycles. The van der Waals surface area contributed by atoms with Gasteiger partial charge in [-0.2, -0.15) is 0 Å². The first kappa shape index (κ1) is 13.3. The van der Waals surface area contributed by atoms with Crippen LogP contribution in [-0.4, -0.2) is 44.5 Å². The summed E-state index contributed by atoms with van der Waals surface area (Å²) in [5, 5.41) is 0. The normalized spacial score (nSPS) is 20.4. The number of hydrogen-bond acceptors (Lipinski definition) is 4. The number of methoxy groups -OCH3 is 1. The van der Waals surface area contributed by atoms with Gasteiger partial charge in [0.25, 0.3) is 0 Å². The van der Waals surface area contributed by atoms with Gasteiger partial charge < -0.3 is 14.4 Å². The van der Waals surface area contributed by atoms with E-state index in [-0.39, 0.29) is 6.10 Å². The Balaban J connectivity index is 2.02. The second kappa shape index (κ2) is 6.16. The van der Waals surface area contributed by atoms with Gasteiger partial charge in [-0.1, -0.05) is 13.8 Å². The van der Waals surface area contributed by atoms with Crippen molar-refractivity contribution in [1.29, 1.82) is 0 Å². The number of rotatable bonds is 4. The van der Waals surface area contributed by atoms with Crippen molar-refractivity contribution in [2.75, 3.05) is 38.3 Å². The van der Waals surface area contributed by atoms with E-state index >= 15 is 0 Å². The fourth-order valence-electron chi connectivity index (χ4n) is 2.17. The maximum Gasteiger partial charge on any atom is 0.0983 e. The first-order valence-corrected chi connectivity index (χ1v) is 6.52. The van der Waals surface area contributed by atoms with Crippen LogP contribution in [0.25, 0.3) is 0 Å². The zero-order valence-electron chi connectivity index (χ0n) is 11.4. The summed E-state index contributed by atoms with van der Waals surface area (Å²) in [5.74, 6) is 0.477. The number of morpholine rings is 1. The Labute approximate surface area is 109 Å². The summed E-state index contributed by atoms with van der Waals surface area (Å²) in [5.41, 5.74) is 2.31. The van der Waals surface area contributed by atoms with Gasteiger partial charge in [-0.25, -0.2) is 0 Å². The van der Waals surface area contributed by atoms with E-state index < -0.39 is 0 Å². The minimum Gasteiger partial charge on any atom is -0.382 e. The molecule has 1 aromatic heterocycles. The molecule has 1 atom stereocenters. The SMILES string of the molecule is COCC1CN(c2ccc(C(C)C)nc2)CCO1. The Morgan fingerprint density at radius 3 is 2.94 bits per heavy atom. The predicted molar refractivity (Wildman–Crippen MR) is 72.2 cm³/mol. The Bertz CT molecular complexity index is 363. The van der Waals surface area contributed by atoms with Gasteiger partial charge in [0.2, 0.25) is 0 Å². The van der Waals surface area contributed by atoms with Gasteiger partial charge in [-0.3, -0.25) is 4.98 Å². The van der Waals surface area contributed by atoms with Gasteiger partial charge in [0, 0.05) is 25.9 Å². The average Bonchev–Trinajstić information content (AvgIpc) is 2.39. The van der Waals surface area contributed by atoms with Crippen LogP contribution in [0.15, 0.2) is 18.3 Å². The van der Waals surface area contributed by atoms with Crippen molar-refractivity contribution < 1.29 is 9.47 Å². The lowest BCUT2D eigenvalue weighted by Gasteiger charge is -2.34. The van der Waals surface area contributed by atoms with Gasteiger partial charge in [0.15, 0.2) is 0 Å². The Hall–Kier alpha value is -1.13. The third-order valence-corrected chi connectivity index (χ3v) is 3.22. The molecule has 1 aromatic rings. The molecule has 100 valence electrons. The first-order valence-electron chi connectivity index (χ1n) is 6.52. The Morgan fingerprint density at radius 2 is 2.33 bits per heavy atom. The second-order valence-corrected chi connectivity index (χ2v) is 4.99. The predicted octanol–water partition coefficient (Wildman–Crippen LogP) is 2.06. The van der Waals surface area contributed by atoms with Gasteiger partial charge in [-0.05, 0) is 18.1 Å². The summed E-state index contributed by atoms with van der Waals surface area (Å²) in [6.07, 6.45) is 2.12. The molecule has 0 aromatic carbocycles. The van der Waals surface area contributed by atoms with E-state index in [4.69, 9.17) is 9.47 Å². The van der Waals surface area contributed by atoms with E-state index in [1.807, 2.05) is 6.20 Å². The van der Waals surface area contributed by atoms with Crippen molar-refractivity contribution in [2.24, 2.45) is 0 Å². The van der Waals surface area contributed by atoms with E-state index in [1.54, 1.807) is 7.11 Å². The number of ether oxygens (including phenoxy) is 2. The number of anilines is 1. The smallest absolute Gasteiger partial charge is 0.0983 e. The molecule has 4 heteroatoms. The van der Waals surface area contributed by atoms with Crippen LogP contribution >= 0.6 is 0 Å². The summed E-state index contributed by atoms with van der Waals surface area (Å²) in [7, 11) is 1.71. The molecule has 1 fully saturated rings. The molecule has 0 spiro atoms. The summed E-state index contributed by atoms with van der Waals surface area (Å²) in [6, 6.07) is 4.26. The van der Waals surface area contributed by atoms with Crippen molar-refractivity contribution in [3.05, 3.63) is 24.0 Å². The lowest BCUT2D eigenvalue weighted by Crippen LogP contribution is -2.44. The summed E-state index contributed by atoms with van der Waals surface area (Å²) >= 11 is 0. The third kappa shape index (κ3) is 3.21. The molecule has 2 rings (SSSR count). The van der Waals surface area contributed by atoms with Crippen molar-refractivity contribution in [3.8, 4) is 0 Å². The number of nitrogens with zero attached hydrogens (tertiary/aromatic N) is 2. The molecule has 0 N–H and O–H groups in total. The molecule has 0 saturated carbocycles. The van der Waals surface area contributed by atoms with Crippen LogP contribution in [0.5, 0.6) is 0 Å². The molecule has 1 aliphatic rings. The van der Waals surface area contributed by atoms with E-state index in [2.05, 4.69) is 35.9 Å². The van der Waals surface area contributed by atoms with Crippen LogP contribution in [0.2, 0.25) is 0 Å². The molecule has 0 bridgehead atoms. The van der Waals surface area contributed by atoms with Gasteiger partial charge in [-0.15, -0.1) is 0 Å². The molecule has 0 amide bonds. The van der Waals surface area contributed by atoms with Crippen LogP contribution < -0.4 is 4.90 Å². The third-order valence-electron chi connectivity index (χ3n) is 3.22. The van der Waals surface area contributed by atoms with E-state index in [9.17, 15) is 0 Å². The molecule has 0 radical (unpaired) electrons. The Morgan fingerprint density at radius 1 is 1.50 bits per heavy atom. The largest absolute Gasteiger partial charge is 0.382 e. The molecule has 4 nitrogen and oxygen atoms in total. The summed E-state index contributed by atoms with van der Waals surface area (Å²) in [6.45, 7) is 7.50. The second-order valence-electron chi connectivity index (χ2n) is 4.99. The first-order chi connectivity index (χ1) is 8.70. The molecule has 0 aliphatic carbocycles. The van der Waals surface area contributed by atoms with Gasteiger partial charge in [0.05, 0.1) is 31.2 Å². The van der Waals surface area contributed by atoms with Crippen LogP contribution in [0.4, 0.5) is 5.69 Å². The van der Waals surface area contributed by atoms with Crippen LogP contribution in [0.3, 0.4) is 0 Å². The lowest BCUT2D eigenvalue weighted by molar-refractivity contribution is -0.0100. The number of pyridine rings is 1. The monoisotopic (exact) mass is 250 g/mol.